The molecule has 27 heavy (non-hydrogen) atoms. The van der Waals surface area contributed by atoms with E-state index < -0.39 is 0 Å². The first kappa shape index (κ1) is 17.1. The second-order valence-corrected chi connectivity index (χ2v) is 6.49. The first-order valence-corrected chi connectivity index (χ1v) is 8.80. The van der Waals surface area contributed by atoms with Crippen LogP contribution in [0, 0.1) is 5.82 Å². The number of rotatable bonds is 3. The number of fused-ring (bicyclic) bond motifs is 1. The van der Waals surface area contributed by atoms with E-state index in [-0.39, 0.29) is 17.8 Å². The minimum Gasteiger partial charge on any atom is -0.329 e. The zero-order valence-corrected chi connectivity index (χ0v) is 15.0. The standard InChI is InChI=1S/C21H19FN4O/c1-3-18(27)25-12-13-26-21(14(25)2)19(15-8-10-23-11-9-15)20(24-26)16-4-6-17(22)7-5-16/h3-11,14H,1,12-13H2,2H3/t14-/m1/s1. The fourth-order valence-electron chi connectivity index (χ4n) is 3.64. The molecule has 4 rings (SSSR count). The lowest BCUT2D eigenvalue weighted by Crippen LogP contribution is -2.40. The van der Waals surface area contributed by atoms with Gasteiger partial charge in [-0.3, -0.25) is 14.5 Å². The maximum atomic E-state index is 13.4. The summed E-state index contributed by atoms with van der Waals surface area (Å²) in [6.07, 6.45) is 4.80. The van der Waals surface area contributed by atoms with Gasteiger partial charge >= 0.3 is 0 Å². The minimum atomic E-state index is -0.288. The molecule has 0 unspecified atom stereocenters. The molecule has 0 saturated heterocycles. The zero-order valence-electron chi connectivity index (χ0n) is 15.0. The SMILES string of the molecule is C=CC(=O)N1CCn2nc(-c3ccc(F)cc3)c(-c3ccncc3)c2[C@H]1C. The summed E-state index contributed by atoms with van der Waals surface area (Å²) in [5.74, 6) is -0.386. The van der Waals surface area contributed by atoms with Gasteiger partial charge in [-0.05, 0) is 55.0 Å². The number of carbonyl (C=O) groups excluding carboxylic acids is 1. The summed E-state index contributed by atoms with van der Waals surface area (Å²) in [6.45, 7) is 6.77. The quantitative estimate of drug-likeness (QED) is 0.665. The molecule has 6 heteroatoms. The lowest BCUT2D eigenvalue weighted by atomic mass is 9.96. The summed E-state index contributed by atoms with van der Waals surface area (Å²) < 4.78 is 15.4. The molecule has 0 fully saturated rings. The van der Waals surface area contributed by atoms with E-state index in [9.17, 15) is 9.18 Å². The Labute approximate surface area is 156 Å². The van der Waals surface area contributed by atoms with Crippen LogP contribution in [0.1, 0.15) is 18.7 Å². The number of hydrogen-bond donors (Lipinski definition) is 0. The predicted molar refractivity (Wildman–Crippen MR) is 101 cm³/mol. The van der Waals surface area contributed by atoms with Crippen molar-refractivity contribution in [2.75, 3.05) is 6.54 Å². The molecule has 136 valence electrons. The normalized spacial score (nSPS) is 16.1. The Morgan fingerprint density at radius 3 is 2.52 bits per heavy atom. The van der Waals surface area contributed by atoms with Crippen LogP contribution in [0.25, 0.3) is 22.4 Å². The van der Waals surface area contributed by atoms with Crippen molar-refractivity contribution in [2.24, 2.45) is 0 Å². The molecule has 5 nitrogen and oxygen atoms in total. The van der Waals surface area contributed by atoms with Gasteiger partial charge in [0, 0.05) is 30.1 Å². The van der Waals surface area contributed by atoms with Crippen LogP contribution in [0.15, 0.2) is 61.4 Å². The van der Waals surface area contributed by atoms with Gasteiger partial charge < -0.3 is 4.90 Å². The number of hydrogen-bond acceptors (Lipinski definition) is 3. The van der Waals surface area contributed by atoms with Crippen LogP contribution in [0.4, 0.5) is 4.39 Å². The highest BCUT2D eigenvalue weighted by molar-refractivity contribution is 5.88. The van der Waals surface area contributed by atoms with Crippen molar-refractivity contribution >= 4 is 5.91 Å². The van der Waals surface area contributed by atoms with Gasteiger partial charge in [0.05, 0.1) is 18.3 Å². The zero-order chi connectivity index (χ0) is 19.0. The second-order valence-electron chi connectivity index (χ2n) is 6.49. The third kappa shape index (κ3) is 2.93. The van der Waals surface area contributed by atoms with Gasteiger partial charge in [0.25, 0.3) is 0 Å². The van der Waals surface area contributed by atoms with Gasteiger partial charge in [0.1, 0.15) is 11.5 Å². The molecule has 0 spiro atoms. The monoisotopic (exact) mass is 362 g/mol. The Morgan fingerprint density at radius 1 is 1.15 bits per heavy atom. The number of amides is 1. The van der Waals surface area contributed by atoms with Crippen LogP contribution >= 0.6 is 0 Å². The maximum absolute atomic E-state index is 13.4. The Bertz CT molecular complexity index is 995. The number of pyridine rings is 1. The van der Waals surface area contributed by atoms with E-state index in [2.05, 4.69) is 11.6 Å². The van der Waals surface area contributed by atoms with Crippen LogP contribution in [-0.4, -0.2) is 32.1 Å². The number of carbonyl (C=O) groups is 1. The van der Waals surface area contributed by atoms with Crippen molar-refractivity contribution in [3.05, 3.63) is 73.0 Å². The Morgan fingerprint density at radius 2 is 1.85 bits per heavy atom. The van der Waals surface area contributed by atoms with Crippen molar-refractivity contribution in [1.29, 1.82) is 0 Å². The van der Waals surface area contributed by atoms with Gasteiger partial charge in [0.15, 0.2) is 0 Å². The minimum absolute atomic E-state index is 0.0982. The van der Waals surface area contributed by atoms with Crippen LogP contribution in [0.3, 0.4) is 0 Å². The summed E-state index contributed by atoms with van der Waals surface area (Å²) in [7, 11) is 0. The highest BCUT2D eigenvalue weighted by Crippen LogP contribution is 2.40. The highest BCUT2D eigenvalue weighted by atomic mass is 19.1. The van der Waals surface area contributed by atoms with Gasteiger partial charge in [-0.15, -0.1) is 0 Å². The van der Waals surface area contributed by atoms with Crippen molar-refractivity contribution in [1.82, 2.24) is 19.7 Å². The predicted octanol–water partition coefficient (Wildman–Crippen LogP) is 3.84. The first-order valence-electron chi connectivity index (χ1n) is 8.80. The van der Waals surface area contributed by atoms with Crippen molar-refractivity contribution < 1.29 is 9.18 Å². The van der Waals surface area contributed by atoms with Crippen molar-refractivity contribution in [3.63, 3.8) is 0 Å². The van der Waals surface area contributed by atoms with Gasteiger partial charge in [-0.25, -0.2) is 4.39 Å². The van der Waals surface area contributed by atoms with E-state index in [4.69, 9.17) is 5.10 Å². The first-order chi connectivity index (χ1) is 13.1. The van der Waals surface area contributed by atoms with Gasteiger partial charge in [-0.1, -0.05) is 6.58 Å². The lowest BCUT2D eigenvalue weighted by Gasteiger charge is -2.34. The number of halogens is 1. The summed E-state index contributed by atoms with van der Waals surface area (Å²) in [4.78, 5) is 18.2. The Balaban J connectivity index is 1.93. The maximum Gasteiger partial charge on any atom is 0.246 e. The fraction of sp³-hybridized carbons (Fsp3) is 0.190. The molecular weight excluding hydrogens is 343 g/mol. The van der Waals surface area contributed by atoms with Crippen LogP contribution in [0.2, 0.25) is 0 Å². The summed E-state index contributed by atoms with van der Waals surface area (Å²) >= 11 is 0. The van der Waals surface area contributed by atoms with E-state index in [1.165, 1.54) is 18.2 Å². The number of aromatic nitrogens is 3. The molecule has 0 bridgehead atoms. The molecule has 0 N–H and O–H groups in total. The van der Waals surface area contributed by atoms with E-state index >= 15 is 0 Å². The fourth-order valence-corrected chi connectivity index (χ4v) is 3.64. The average Bonchev–Trinajstić information content (AvgIpc) is 3.09. The molecule has 3 heterocycles. The van der Waals surface area contributed by atoms with Crippen LogP contribution < -0.4 is 0 Å². The highest BCUT2D eigenvalue weighted by Gasteiger charge is 2.32. The smallest absolute Gasteiger partial charge is 0.246 e. The number of nitrogens with zero attached hydrogens (tertiary/aromatic N) is 4. The van der Waals surface area contributed by atoms with E-state index in [1.807, 2.05) is 23.7 Å². The van der Waals surface area contributed by atoms with Crippen LogP contribution in [0.5, 0.6) is 0 Å². The molecular formula is C21H19FN4O. The third-order valence-electron chi connectivity index (χ3n) is 4.95. The molecule has 1 atom stereocenters. The Hall–Kier alpha value is -3.28. The summed E-state index contributed by atoms with van der Waals surface area (Å²) in [5, 5.41) is 4.81. The van der Waals surface area contributed by atoms with Crippen molar-refractivity contribution in [3.8, 4) is 22.4 Å². The molecule has 1 aromatic carbocycles. The summed E-state index contributed by atoms with van der Waals surface area (Å²) in [6, 6.07) is 10.0. The van der Waals surface area contributed by atoms with E-state index in [0.717, 1.165) is 28.1 Å². The molecule has 1 aliphatic heterocycles. The topological polar surface area (TPSA) is 51.0 Å². The summed E-state index contributed by atoms with van der Waals surface area (Å²) in [5.41, 5.74) is 4.47. The molecule has 0 radical (unpaired) electrons. The van der Waals surface area contributed by atoms with Crippen LogP contribution in [-0.2, 0) is 11.3 Å². The van der Waals surface area contributed by atoms with Crippen molar-refractivity contribution in [2.45, 2.75) is 19.5 Å². The number of benzene rings is 1. The third-order valence-corrected chi connectivity index (χ3v) is 4.95. The molecule has 0 saturated carbocycles. The molecule has 3 aromatic rings. The van der Waals surface area contributed by atoms with Gasteiger partial charge in [-0.2, -0.15) is 5.10 Å². The lowest BCUT2D eigenvalue weighted by molar-refractivity contribution is -0.129. The largest absolute Gasteiger partial charge is 0.329 e. The van der Waals surface area contributed by atoms with Gasteiger partial charge in [0.2, 0.25) is 5.91 Å². The second kappa shape index (κ2) is 6.79. The average molecular weight is 362 g/mol. The molecule has 1 aliphatic rings. The molecule has 0 aliphatic carbocycles. The molecule has 1 amide bonds. The van der Waals surface area contributed by atoms with E-state index in [1.54, 1.807) is 29.4 Å². The van der Waals surface area contributed by atoms with E-state index in [0.29, 0.717) is 13.1 Å². The molecule has 2 aromatic heterocycles. The Kier molecular flexibility index (Phi) is 4.32.